The molecule has 1 aromatic carbocycles. The zero-order valence-corrected chi connectivity index (χ0v) is 12.0. The minimum absolute atomic E-state index is 0.00518. The Morgan fingerprint density at radius 1 is 1.43 bits per heavy atom. The summed E-state index contributed by atoms with van der Waals surface area (Å²) in [6.07, 6.45) is 3.14. The number of aromatic hydroxyl groups is 1. The lowest BCUT2D eigenvalue weighted by Gasteiger charge is -2.32. The van der Waals surface area contributed by atoms with Gasteiger partial charge in [-0.3, -0.25) is 0 Å². The lowest BCUT2D eigenvalue weighted by atomic mass is 9.98. The lowest BCUT2D eigenvalue weighted by molar-refractivity contribution is -0.0888. The van der Waals surface area contributed by atoms with Crippen molar-refractivity contribution in [3.8, 4) is 17.2 Å². The number of methoxy groups -OCH3 is 1. The van der Waals surface area contributed by atoms with Crippen LogP contribution in [-0.2, 0) is 9.47 Å². The van der Waals surface area contributed by atoms with Crippen molar-refractivity contribution in [2.45, 2.75) is 31.2 Å². The minimum Gasteiger partial charge on any atom is -0.504 e. The predicted octanol–water partition coefficient (Wildman–Crippen LogP) is 2.49. The summed E-state index contributed by atoms with van der Waals surface area (Å²) < 4.78 is 22.7. The molecule has 4 atom stereocenters. The zero-order chi connectivity index (χ0) is 14.8. The standard InChI is InChI=1S/C16H20O5/c1-3-5-10-13(19-9-18-2)8-14-15(10)20-12-7-4-6-11(17)16(12)21-14/h3-4,6-7,10,13-15,17H,1,5,8-9H2,2H3/t10-,13+,14-,15+/m0/s1. The Labute approximate surface area is 124 Å². The van der Waals surface area contributed by atoms with E-state index in [4.69, 9.17) is 18.9 Å². The van der Waals surface area contributed by atoms with Crippen molar-refractivity contribution in [3.63, 3.8) is 0 Å². The van der Waals surface area contributed by atoms with Gasteiger partial charge in [-0.2, -0.15) is 0 Å². The topological polar surface area (TPSA) is 57.2 Å². The lowest BCUT2D eigenvalue weighted by Crippen LogP contribution is -2.39. The highest BCUT2D eigenvalue weighted by Gasteiger charge is 2.49. The maximum atomic E-state index is 9.88. The van der Waals surface area contributed by atoms with Gasteiger partial charge in [0.05, 0.1) is 6.10 Å². The van der Waals surface area contributed by atoms with Crippen LogP contribution in [0.4, 0.5) is 0 Å². The van der Waals surface area contributed by atoms with Crippen molar-refractivity contribution in [1.29, 1.82) is 0 Å². The van der Waals surface area contributed by atoms with Crippen LogP contribution in [0, 0.1) is 5.92 Å². The molecule has 114 valence electrons. The molecule has 0 spiro atoms. The number of benzene rings is 1. The summed E-state index contributed by atoms with van der Waals surface area (Å²) in [5, 5.41) is 9.88. The molecular weight excluding hydrogens is 272 g/mol. The molecule has 1 fully saturated rings. The first-order valence-electron chi connectivity index (χ1n) is 7.11. The summed E-state index contributed by atoms with van der Waals surface area (Å²) in [5.41, 5.74) is 0. The number of hydrogen-bond acceptors (Lipinski definition) is 5. The fourth-order valence-electron chi connectivity index (χ4n) is 3.14. The summed E-state index contributed by atoms with van der Waals surface area (Å²) in [6, 6.07) is 5.14. The first kappa shape index (κ1) is 14.2. The van der Waals surface area contributed by atoms with Crippen molar-refractivity contribution in [3.05, 3.63) is 30.9 Å². The summed E-state index contributed by atoms with van der Waals surface area (Å²) in [4.78, 5) is 0. The van der Waals surface area contributed by atoms with Crippen molar-refractivity contribution in [1.82, 2.24) is 0 Å². The normalized spacial score (nSPS) is 30.0. The third kappa shape index (κ3) is 2.59. The summed E-state index contributed by atoms with van der Waals surface area (Å²) in [7, 11) is 1.60. The Bertz CT molecular complexity index is 515. The Morgan fingerprint density at radius 2 is 2.29 bits per heavy atom. The number of phenols is 1. The van der Waals surface area contributed by atoms with Crippen LogP contribution in [0.5, 0.6) is 17.2 Å². The second kappa shape index (κ2) is 5.95. The molecule has 5 heteroatoms. The van der Waals surface area contributed by atoms with Crippen LogP contribution >= 0.6 is 0 Å². The zero-order valence-electron chi connectivity index (χ0n) is 12.0. The van der Waals surface area contributed by atoms with Gasteiger partial charge in [-0.25, -0.2) is 0 Å². The molecule has 21 heavy (non-hydrogen) atoms. The van der Waals surface area contributed by atoms with Crippen molar-refractivity contribution < 1.29 is 24.1 Å². The van der Waals surface area contributed by atoms with Crippen LogP contribution < -0.4 is 9.47 Å². The van der Waals surface area contributed by atoms with Gasteiger partial charge in [-0.15, -0.1) is 6.58 Å². The van der Waals surface area contributed by atoms with Gasteiger partial charge >= 0.3 is 0 Å². The van der Waals surface area contributed by atoms with Gasteiger partial charge in [-0.1, -0.05) is 12.1 Å². The van der Waals surface area contributed by atoms with Crippen LogP contribution in [0.3, 0.4) is 0 Å². The van der Waals surface area contributed by atoms with E-state index < -0.39 is 0 Å². The Morgan fingerprint density at radius 3 is 3.05 bits per heavy atom. The van der Waals surface area contributed by atoms with Crippen LogP contribution in [0.15, 0.2) is 30.9 Å². The molecule has 1 saturated carbocycles. The molecule has 1 N–H and O–H groups in total. The average Bonchev–Trinajstić information content (AvgIpc) is 2.82. The summed E-state index contributed by atoms with van der Waals surface area (Å²) in [6.45, 7) is 4.06. The number of para-hydroxylation sites is 1. The van der Waals surface area contributed by atoms with E-state index in [1.165, 1.54) is 0 Å². The fraction of sp³-hybridized carbons (Fsp3) is 0.500. The molecule has 3 rings (SSSR count). The number of rotatable bonds is 5. The highest BCUT2D eigenvalue weighted by Crippen LogP contribution is 2.47. The monoisotopic (exact) mass is 292 g/mol. The van der Waals surface area contributed by atoms with Gasteiger partial charge in [0.25, 0.3) is 0 Å². The number of hydrogen-bond donors (Lipinski definition) is 1. The fourth-order valence-corrected chi connectivity index (χ4v) is 3.14. The third-order valence-corrected chi connectivity index (χ3v) is 4.06. The molecule has 1 aliphatic heterocycles. The smallest absolute Gasteiger partial charge is 0.203 e. The molecule has 1 aromatic rings. The van der Waals surface area contributed by atoms with Crippen molar-refractivity contribution in [2.75, 3.05) is 13.9 Å². The molecule has 5 nitrogen and oxygen atoms in total. The maximum absolute atomic E-state index is 9.88. The molecule has 0 saturated heterocycles. The van der Waals surface area contributed by atoms with E-state index in [2.05, 4.69) is 6.58 Å². The molecule has 0 aromatic heterocycles. The molecular formula is C16H20O5. The number of phenolic OH excluding ortho intramolecular Hbond substituents is 1. The van der Waals surface area contributed by atoms with E-state index >= 15 is 0 Å². The molecule has 2 aliphatic rings. The van der Waals surface area contributed by atoms with Gasteiger partial charge in [0.1, 0.15) is 19.0 Å². The van der Waals surface area contributed by atoms with Gasteiger partial charge in [0.15, 0.2) is 11.5 Å². The van der Waals surface area contributed by atoms with Gasteiger partial charge in [-0.05, 0) is 18.6 Å². The largest absolute Gasteiger partial charge is 0.504 e. The quantitative estimate of drug-likeness (QED) is 0.667. The molecule has 0 amide bonds. The van der Waals surface area contributed by atoms with E-state index in [1.807, 2.05) is 6.08 Å². The molecule has 0 radical (unpaired) electrons. The van der Waals surface area contributed by atoms with Crippen LogP contribution in [0.2, 0.25) is 0 Å². The third-order valence-electron chi connectivity index (χ3n) is 4.06. The van der Waals surface area contributed by atoms with Crippen molar-refractivity contribution >= 4 is 0 Å². The maximum Gasteiger partial charge on any atom is 0.203 e. The Hall–Kier alpha value is -1.72. The van der Waals surface area contributed by atoms with Gasteiger partial charge in [0.2, 0.25) is 5.75 Å². The highest BCUT2D eigenvalue weighted by atomic mass is 16.7. The van der Waals surface area contributed by atoms with Gasteiger partial charge < -0.3 is 24.1 Å². The minimum atomic E-state index is -0.127. The van der Waals surface area contributed by atoms with E-state index in [0.717, 1.165) is 6.42 Å². The molecule has 0 bridgehead atoms. The second-order valence-electron chi connectivity index (χ2n) is 5.38. The van der Waals surface area contributed by atoms with Crippen LogP contribution in [-0.4, -0.2) is 37.3 Å². The average molecular weight is 292 g/mol. The first-order chi connectivity index (χ1) is 10.2. The van der Waals surface area contributed by atoms with Crippen LogP contribution in [0.1, 0.15) is 12.8 Å². The number of allylic oxidation sites excluding steroid dienone is 1. The summed E-state index contributed by atoms with van der Waals surface area (Å²) >= 11 is 0. The van der Waals surface area contributed by atoms with Gasteiger partial charge in [0, 0.05) is 19.4 Å². The van der Waals surface area contributed by atoms with E-state index in [9.17, 15) is 5.11 Å². The Kier molecular flexibility index (Phi) is 4.03. The van der Waals surface area contributed by atoms with Crippen molar-refractivity contribution in [2.24, 2.45) is 5.92 Å². The molecule has 1 aliphatic carbocycles. The van der Waals surface area contributed by atoms with E-state index in [0.29, 0.717) is 17.9 Å². The molecule has 0 unspecified atom stereocenters. The van der Waals surface area contributed by atoms with Crippen LogP contribution in [0.25, 0.3) is 0 Å². The predicted molar refractivity (Wildman–Crippen MR) is 76.6 cm³/mol. The first-order valence-corrected chi connectivity index (χ1v) is 7.11. The second-order valence-corrected chi connectivity index (χ2v) is 5.38. The molecule has 1 heterocycles. The SMILES string of the molecule is C=CC[C@@H]1[C@H]2Oc3cccc(O)c3O[C@H]2C[C@H]1OCOC. The summed E-state index contributed by atoms with van der Waals surface area (Å²) in [5.74, 6) is 1.27. The number of ether oxygens (including phenoxy) is 4. The highest BCUT2D eigenvalue weighted by molar-refractivity contribution is 5.51. The van der Waals surface area contributed by atoms with E-state index in [-0.39, 0.29) is 36.8 Å². The Balaban J connectivity index is 1.82. The van der Waals surface area contributed by atoms with E-state index in [1.54, 1.807) is 25.3 Å². The number of fused-ring (bicyclic) bond motifs is 2.